The van der Waals surface area contributed by atoms with Crippen LogP contribution in [0.5, 0.6) is 0 Å². The maximum Gasteiger partial charge on any atom is 0.472 e. The lowest BCUT2D eigenvalue weighted by Crippen LogP contribution is -2.29. The van der Waals surface area contributed by atoms with E-state index in [1.54, 1.807) is 6.92 Å². The van der Waals surface area contributed by atoms with Gasteiger partial charge >= 0.3 is 19.8 Å². The summed E-state index contributed by atoms with van der Waals surface area (Å²) in [5.41, 5.74) is 0. The van der Waals surface area contributed by atoms with E-state index in [1.165, 1.54) is 38.5 Å². The molecule has 0 saturated heterocycles. The summed E-state index contributed by atoms with van der Waals surface area (Å²) in [6, 6.07) is 0. The summed E-state index contributed by atoms with van der Waals surface area (Å²) in [4.78, 5) is 34.5. The molecule has 0 amide bonds. The molecule has 0 aromatic heterocycles. The molecule has 0 radical (unpaired) electrons. The summed E-state index contributed by atoms with van der Waals surface area (Å²) in [6.45, 7) is 5.28. The number of carbonyl (C=O) groups is 2. The smallest absolute Gasteiger partial charge is 0.462 e. The molecule has 2 unspecified atom stereocenters. The van der Waals surface area contributed by atoms with Crippen molar-refractivity contribution in [3.05, 3.63) is 48.6 Å². The molecule has 0 rings (SSSR count). The van der Waals surface area contributed by atoms with Crippen LogP contribution in [0.2, 0.25) is 0 Å². The lowest BCUT2D eigenvalue weighted by atomic mass is 10.1. The van der Waals surface area contributed by atoms with Crippen LogP contribution in [-0.4, -0.2) is 42.8 Å². The Morgan fingerprint density at radius 1 is 0.596 bits per heavy atom. The van der Waals surface area contributed by atoms with Gasteiger partial charge in [0.25, 0.3) is 0 Å². The first kappa shape index (κ1) is 45.0. The maximum atomic E-state index is 12.5. The molecular weight excluding hydrogens is 615 g/mol. The van der Waals surface area contributed by atoms with Gasteiger partial charge in [0.05, 0.1) is 13.2 Å². The van der Waals surface area contributed by atoms with Crippen LogP contribution >= 0.6 is 7.82 Å². The number of carbonyl (C=O) groups excluding carboxylic acids is 2. The number of rotatable bonds is 33. The van der Waals surface area contributed by atoms with Crippen molar-refractivity contribution >= 4 is 19.8 Å². The van der Waals surface area contributed by atoms with E-state index in [2.05, 4.69) is 62.5 Å². The molecule has 1 N–H and O–H groups in total. The number of unbranched alkanes of at least 4 members (excludes halogenated alkanes) is 13. The van der Waals surface area contributed by atoms with Gasteiger partial charge in [-0.3, -0.25) is 18.6 Å². The van der Waals surface area contributed by atoms with Gasteiger partial charge in [0.1, 0.15) is 6.61 Å². The van der Waals surface area contributed by atoms with Crippen molar-refractivity contribution in [2.45, 2.75) is 162 Å². The molecule has 8 nitrogen and oxygen atoms in total. The molecule has 9 heteroatoms. The van der Waals surface area contributed by atoms with Gasteiger partial charge in [-0.25, -0.2) is 4.57 Å². The minimum Gasteiger partial charge on any atom is -0.462 e. The number of phosphoric ester groups is 1. The van der Waals surface area contributed by atoms with Gasteiger partial charge in [0, 0.05) is 12.8 Å². The van der Waals surface area contributed by atoms with Crippen molar-refractivity contribution < 1.29 is 37.6 Å². The van der Waals surface area contributed by atoms with Gasteiger partial charge in [0.15, 0.2) is 6.10 Å². The van der Waals surface area contributed by atoms with E-state index in [0.29, 0.717) is 6.42 Å². The van der Waals surface area contributed by atoms with Crippen molar-refractivity contribution in [1.29, 1.82) is 0 Å². The second-order valence-electron chi connectivity index (χ2n) is 11.9. The Labute approximate surface area is 287 Å². The lowest BCUT2D eigenvalue weighted by molar-refractivity contribution is -0.161. The minimum absolute atomic E-state index is 0.00829. The highest BCUT2D eigenvalue weighted by atomic mass is 31.2. The van der Waals surface area contributed by atoms with E-state index < -0.39 is 26.5 Å². The van der Waals surface area contributed by atoms with Gasteiger partial charge in [0.2, 0.25) is 0 Å². The van der Waals surface area contributed by atoms with Crippen LogP contribution < -0.4 is 0 Å². The van der Waals surface area contributed by atoms with Crippen LogP contribution in [0.1, 0.15) is 156 Å². The second kappa shape index (κ2) is 33.9. The van der Waals surface area contributed by atoms with Gasteiger partial charge in [-0.1, -0.05) is 114 Å². The Morgan fingerprint density at radius 2 is 1.09 bits per heavy atom. The predicted molar refractivity (Wildman–Crippen MR) is 193 cm³/mol. The van der Waals surface area contributed by atoms with Crippen LogP contribution in [0.3, 0.4) is 0 Å². The van der Waals surface area contributed by atoms with Gasteiger partial charge in [-0.15, -0.1) is 0 Å². The van der Waals surface area contributed by atoms with Crippen LogP contribution in [0.15, 0.2) is 48.6 Å². The van der Waals surface area contributed by atoms with Crippen molar-refractivity contribution in [2.75, 3.05) is 19.8 Å². The van der Waals surface area contributed by atoms with E-state index in [4.69, 9.17) is 18.5 Å². The van der Waals surface area contributed by atoms with E-state index in [-0.39, 0.29) is 32.0 Å². The molecule has 0 spiro atoms. The fourth-order valence-electron chi connectivity index (χ4n) is 4.69. The highest BCUT2D eigenvalue weighted by molar-refractivity contribution is 7.47. The molecule has 0 fully saturated rings. The van der Waals surface area contributed by atoms with Gasteiger partial charge < -0.3 is 14.4 Å². The summed E-state index contributed by atoms with van der Waals surface area (Å²) in [6.07, 6.45) is 37.4. The average Bonchev–Trinajstić information content (AvgIpc) is 3.04. The predicted octanol–water partition coefficient (Wildman–Crippen LogP) is 11.1. The fourth-order valence-corrected chi connectivity index (χ4v) is 5.45. The van der Waals surface area contributed by atoms with E-state index in [1.807, 2.05) is 0 Å². The first-order chi connectivity index (χ1) is 22.8. The van der Waals surface area contributed by atoms with E-state index in [0.717, 1.165) is 77.0 Å². The third-order valence-corrected chi connectivity index (χ3v) is 8.43. The summed E-state index contributed by atoms with van der Waals surface area (Å²) >= 11 is 0. The van der Waals surface area contributed by atoms with Gasteiger partial charge in [-0.2, -0.15) is 0 Å². The van der Waals surface area contributed by atoms with Crippen molar-refractivity contribution in [1.82, 2.24) is 0 Å². The quantitative estimate of drug-likeness (QED) is 0.0315. The molecule has 0 bridgehead atoms. The SMILES string of the molecule is CC/C=C\C/C=C\C/C=C\CCCCCC(=O)OC(COC(=O)CCCCCCC/C=C\CCCCCCC)COP(=O)(O)OCC. The normalized spacial score (nSPS) is 14.0. The van der Waals surface area contributed by atoms with Crippen molar-refractivity contribution in [3.8, 4) is 0 Å². The Hall–Kier alpha value is -1.99. The number of ether oxygens (including phenoxy) is 2. The highest BCUT2D eigenvalue weighted by Gasteiger charge is 2.25. The Morgan fingerprint density at radius 3 is 1.68 bits per heavy atom. The van der Waals surface area contributed by atoms with Crippen LogP contribution in [0, 0.1) is 0 Å². The van der Waals surface area contributed by atoms with Crippen LogP contribution in [0.25, 0.3) is 0 Å². The third-order valence-electron chi connectivity index (χ3n) is 7.37. The standard InChI is InChI=1S/C38H67O8P/c1-4-7-9-11-13-15-17-19-21-22-24-26-28-30-32-37(39)43-34-36(35-45-47(41,42)44-6-3)46-38(40)33-31-29-27-25-23-20-18-16-14-12-10-8-5-2/h8,10,14,16-17,19-20,23,36H,4-7,9,11-13,15,18,21-22,24-35H2,1-3H3,(H,41,42)/b10-8-,16-14-,19-17-,23-20-. The van der Waals surface area contributed by atoms with Crippen LogP contribution in [-0.2, 0) is 32.7 Å². The summed E-state index contributed by atoms with van der Waals surface area (Å²) in [7, 11) is -4.28. The number of esters is 2. The highest BCUT2D eigenvalue weighted by Crippen LogP contribution is 2.43. The molecule has 0 aromatic rings. The maximum absolute atomic E-state index is 12.5. The van der Waals surface area contributed by atoms with E-state index >= 15 is 0 Å². The first-order valence-corrected chi connectivity index (χ1v) is 19.9. The largest absolute Gasteiger partial charge is 0.472 e. The Balaban J connectivity index is 4.24. The van der Waals surface area contributed by atoms with Crippen molar-refractivity contribution in [3.63, 3.8) is 0 Å². The molecule has 0 aliphatic carbocycles. The molecule has 0 aromatic carbocycles. The molecule has 2 atom stereocenters. The zero-order valence-corrected chi connectivity index (χ0v) is 30.8. The molecule has 0 aliphatic rings. The molecule has 47 heavy (non-hydrogen) atoms. The zero-order valence-electron chi connectivity index (χ0n) is 29.9. The number of allylic oxidation sites excluding steroid dienone is 8. The molecule has 0 aliphatic heterocycles. The topological polar surface area (TPSA) is 108 Å². The molecule has 0 saturated carbocycles. The van der Waals surface area contributed by atoms with Gasteiger partial charge in [-0.05, 0) is 77.6 Å². The monoisotopic (exact) mass is 682 g/mol. The number of hydrogen-bond acceptors (Lipinski definition) is 7. The zero-order chi connectivity index (χ0) is 34.7. The number of hydrogen-bond donors (Lipinski definition) is 1. The average molecular weight is 683 g/mol. The molecule has 272 valence electrons. The second-order valence-corrected chi connectivity index (χ2v) is 13.3. The summed E-state index contributed by atoms with van der Waals surface area (Å²) in [5, 5.41) is 0. The van der Waals surface area contributed by atoms with Crippen molar-refractivity contribution in [2.24, 2.45) is 0 Å². The molecule has 0 heterocycles. The Kier molecular flexibility index (Phi) is 32.5. The van der Waals surface area contributed by atoms with E-state index in [9.17, 15) is 19.0 Å². The summed E-state index contributed by atoms with van der Waals surface area (Å²) in [5.74, 6) is -0.847. The molecular formula is C38H67O8P. The fraction of sp³-hybridized carbons (Fsp3) is 0.737. The van der Waals surface area contributed by atoms with Crippen LogP contribution in [0.4, 0.5) is 0 Å². The third kappa shape index (κ3) is 33.7. The Bertz CT molecular complexity index is 911. The minimum atomic E-state index is -4.28. The summed E-state index contributed by atoms with van der Waals surface area (Å²) < 4.78 is 32.4. The lowest BCUT2D eigenvalue weighted by Gasteiger charge is -2.19. The number of phosphoric acid groups is 1. The first-order valence-electron chi connectivity index (χ1n) is 18.4.